The van der Waals surface area contributed by atoms with E-state index in [-0.39, 0.29) is 0 Å². The molecule has 1 aliphatic rings. The van der Waals surface area contributed by atoms with Gasteiger partial charge in [-0.25, -0.2) is 4.79 Å². The minimum Gasteiger partial charge on any atom is -0.465 e. The van der Waals surface area contributed by atoms with E-state index in [1.54, 1.807) is 18.2 Å². The topological polar surface area (TPSA) is 59.0 Å². The Morgan fingerprint density at radius 2 is 1.67 bits per heavy atom. The maximum absolute atomic E-state index is 11.6. The van der Waals surface area contributed by atoms with Crippen LogP contribution in [0.5, 0.6) is 0 Å². The number of carboxylic acid groups (broad SMARTS) is 1. The third-order valence-electron chi connectivity index (χ3n) is 4.60. The molecule has 1 aromatic carbocycles. The molecular formula is C17H25BClNO4. The predicted molar refractivity (Wildman–Crippen MR) is 97.4 cm³/mol. The number of rotatable bonds is 2. The molecule has 0 aliphatic carbocycles. The van der Waals surface area contributed by atoms with Crippen molar-refractivity contribution in [1.29, 1.82) is 0 Å². The first-order valence-electron chi connectivity index (χ1n) is 7.94. The normalized spacial score (nSPS) is 19.4. The van der Waals surface area contributed by atoms with Gasteiger partial charge in [0.25, 0.3) is 0 Å². The Kier molecular flexibility index (Phi) is 4.72. The Bertz CT molecular complexity index is 638. The molecule has 0 bridgehead atoms. The predicted octanol–water partition coefficient (Wildman–Crippen LogP) is 3.92. The molecule has 1 amide bonds. The number of nitrogens with zero attached hydrogens (tertiary/aromatic N) is 1. The summed E-state index contributed by atoms with van der Waals surface area (Å²) in [4.78, 5) is 12.9. The highest BCUT2D eigenvalue weighted by atomic mass is 35.5. The molecule has 0 radical (unpaired) electrons. The van der Waals surface area contributed by atoms with Gasteiger partial charge in [-0.15, -0.1) is 0 Å². The number of amides is 1. The van der Waals surface area contributed by atoms with E-state index in [0.29, 0.717) is 10.7 Å². The largest absolute Gasteiger partial charge is 0.494 e. The first kappa shape index (κ1) is 19.1. The van der Waals surface area contributed by atoms with Crippen LogP contribution in [0.2, 0.25) is 5.02 Å². The van der Waals surface area contributed by atoms with Crippen LogP contribution in [0.4, 0.5) is 10.5 Å². The summed E-state index contributed by atoms with van der Waals surface area (Å²) in [5, 5.41) is 9.87. The maximum atomic E-state index is 11.6. The van der Waals surface area contributed by atoms with Gasteiger partial charge in [-0.2, -0.15) is 0 Å². The monoisotopic (exact) mass is 353 g/mol. The molecule has 7 heteroatoms. The summed E-state index contributed by atoms with van der Waals surface area (Å²) in [6, 6.07) is 5.20. The van der Waals surface area contributed by atoms with E-state index in [0.717, 1.165) is 5.46 Å². The van der Waals surface area contributed by atoms with E-state index >= 15 is 0 Å². The number of hydrogen-bond acceptors (Lipinski definition) is 3. The van der Waals surface area contributed by atoms with Crippen LogP contribution in [0.1, 0.15) is 48.5 Å². The first-order valence-corrected chi connectivity index (χ1v) is 8.32. The van der Waals surface area contributed by atoms with Gasteiger partial charge in [0.1, 0.15) is 0 Å². The molecule has 0 unspecified atom stereocenters. The van der Waals surface area contributed by atoms with E-state index in [1.165, 1.54) is 4.90 Å². The number of benzene rings is 1. The molecule has 1 aromatic rings. The van der Waals surface area contributed by atoms with Gasteiger partial charge in [0.15, 0.2) is 0 Å². The Balaban J connectivity index is 2.36. The number of anilines is 1. The summed E-state index contributed by atoms with van der Waals surface area (Å²) in [5.41, 5.74) is -0.289. The summed E-state index contributed by atoms with van der Waals surface area (Å²) >= 11 is 6.38. The van der Waals surface area contributed by atoms with Crippen molar-refractivity contribution >= 4 is 36.0 Å². The fourth-order valence-corrected chi connectivity index (χ4v) is 2.86. The van der Waals surface area contributed by atoms with Gasteiger partial charge >= 0.3 is 13.2 Å². The summed E-state index contributed by atoms with van der Waals surface area (Å²) in [6.07, 6.45) is -1.05. The minimum atomic E-state index is -1.05. The van der Waals surface area contributed by atoms with Gasteiger partial charge in [-0.1, -0.05) is 17.7 Å². The Morgan fingerprint density at radius 3 is 2.04 bits per heavy atom. The van der Waals surface area contributed by atoms with Crippen molar-refractivity contribution in [2.45, 2.75) is 65.2 Å². The van der Waals surface area contributed by atoms with Crippen molar-refractivity contribution < 1.29 is 19.2 Å². The number of hydrogen-bond donors (Lipinski definition) is 1. The van der Waals surface area contributed by atoms with Gasteiger partial charge < -0.3 is 14.4 Å². The molecule has 1 heterocycles. The summed E-state index contributed by atoms with van der Waals surface area (Å²) in [5.74, 6) is 0. The van der Waals surface area contributed by atoms with Crippen LogP contribution in [0.3, 0.4) is 0 Å². The molecule has 0 aromatic heterocycles. The zero-order valence-corrected chi connectivity index (χ0v) is 16.1. The van der Waals surface area contributed by atoms with E-state index in [1.807, 2.05) is 48.5 Å². The lowest BCUT2D eigenvalue weighted by atomic mass is 9.79. The maximum Gasteiger partial charge on any atom is 0.494 e. The lowest BCUT2D eigenvalue weighted by Crippen LogP contribution is -2.45. The summed E-state index contributed by atoms with van der Waals surface area (Å²) in [7, 11) is -0.533. The van der Waals surface area contributed by atoms with E-state index in [4.69, 9.17) is 20.9 Å². The third-order valence-corrected chi connectivity index (χ3v) is 4.90. The Hall–Kier alpha value is -1.24. The van der Waals surface area contributed by atoms with Gasteiger partial charge in [0, 0.05) is 5.54 Å². The molecule has 0 spiro atoms. The van der Waals surface area contributed by atoms with Gasteiger partial charge in [0.2, 0.25) is 0 Å². The molecule has 132 valence electrons. The van der Waals surface area contributed by atoms with Crippen LogP contribution in [0.25, 0.3) is 0 Å². The average molecular weight is 354 g/mol. The van der Waals surface area contributed by atoms with E-state index < -0.39 is 30.0 Å². The molecule has 0 saturated carbocycles. The molecule has 5 nitrogen and oxygen atoms in total. The van der Waals surface area contributed by atoms with Crippen molar-refractivity contribution in [3.05, 3.63) is 23.2 Å². The van der Waals surface area contributed by atoms with Crippen molar-refractivity contribution in [2.75, 3.05) is 4.90 Å². The van der Waals surface area contributed by atoms with E-state index in [9.17, 15) is 9.90 Å². The Morgan fingerprint density at radius 1 is 1.17 bits per heavy atom. The van der Waals surface area contributed by atoms with E-state index in [2.05, 4.69) is 0 Å². The van der Waals surface area contributed by atoms with Crippen molar-refractivity contribution in [2.24, 2.45) is 0 Å². The third kappa shape index (κ3) is 3.41. The molecule has 0 atom stereocenters. The van der Waals surface area contributed by atoms with Crippen LogP contribution in [0.15, 0.2) is 18.2 Å². The van der Waals surface area contributed by atoms with Crippen LogP contribution in [-0.2, 0) is 9.31 Å². The zero-order chi connectivity index (χ0) is 18.5. The fraction of sp³-hybridized carbons (Fsp3) is 0.588. The smallest absolute Gasteiger partial charge is 0.465 e. The van der Waals surface area contributed by atoms with Gasteiger partial charge in [-0.3, -0.25) is 4.90 Å². The highest BCUT2D eigenvalue weighted by Gasteiger charge is 2.51. The first-order chi connectivity index (χ1) is 10.8. The fourth-order valence-electron chi connectivity index (χ4n) is 2.58. The van der Waals surface area contributed by atoms with Crippen LogP contribution in [0, 0.1) is 0 Å². The second-order valence-electron chi connectivity index (χ2n) is 8.09. The van der Waals surface area contributed by atoms with Crippen LogP contribution < -0.4 is 10.4 Å². The highest BCUT2D eigenvalue weighted by Crippen LogP contribution is 2.37. The standard InChI is InChI=1S/C17H25BClNO4/c1-15(2,3)20(14(21)22)13-9-8-11(10-12(13)19)18-23-16(4,5)17(6,7)24-18/h8-10H,1-7H3,(H,21,22). The van der Waals surface area contributed by atoms with Gasteiger partial charge in [0.05, 0.1) is 21.9 Å². The van der Waals surface area contributed by atoms with Crippen LogP contribution >= 0.6 is 11.6 Å². The molecule has 24 heavy (non-hydrogen) atoms. The summed E-state index contributed by atoms with van der Waals surface area (Å²) in [6.45, 7) is 13.4. The highest BCUT2D eigenvalue weighted by molar-refractivity contribution is 6.62. The lowest BCUT2D eigenvalue weighted by molar-refractivity contribution is 0.00578. The molecular weight excluding hydrogens is 328 g/mol. The molecule has 1 fully saturated rings. The SMILES string of the molecule is CC(C)(C)N(C(=O)O)c1ccc(B2OC(C)(C)C(C)(C)O2)cc1Cl. The quantitative estimate of drug-likeness (QED) is 0.819. The molecule has 1 saturated heterocycles. The van der Waals surface area contributed by atoms with Crippen molar-refractivity contribution in [3.8, 4) is 0 Å². The minimum absolute atomic E-state index is 0.347. The Labute approximate surface area is 149 Å². The molecule has 2 rings (SSSR count). The van der Waals surface area contributed by atoms with Crippen molar-refractivity contribution in [3.63, 3.8) is 0 Å². The average Bonchev–Trinajstić information content (AvgIpc) is 2.58. The van der Waals surface area contributed by atoms with Crippen molar-refractivity contribution in [1.82, 2.24) is 0 Å². The summed E-state index contributed by atoms with van der Waals surface area (Å²) < 4.78 is 12.0. The van der Waals surface area contributed by atoms with Gasteiger partial charge in [-0.05, 0) is 66.1 Å². The van der Waals surface area contributed by atoms with Crippen LogP contribution in [-0.4, -0.2) is 35.1 Å². The second kappa shape index (κ2) is 5.93. The lowest BCUT2D eigenvalue weighted by Gasteiger charge is -2.33. The molecule has 1 aliphatic heterocycles. The number of halogens is 1. The zero-order valence-electron chi connectivity index (χ0n) is 15.3. The second-order valence-corrected chi connectivity index (χ2v) is 8.50. The molecule has 1 N–H and O–H groups in total. The number of carbonyl (C=O) groups is 1.